The maximum Gasteiger partial charge on any atom is 0.416 e. The van der Waals surface area contributed by atoms with Crippen LogP contribution in [-0.2, 0) is 19.3 Å². The van der Waals surface area contributed by atoms with Gasteiger partial charge < -0.3 is 9.73 Å². The van der Waals surface area contributed by atoms with Gasteiger partial charge in [-0.05, 0) is 36.8 Å². The molecule has 25 heavy (non-hydrogen) atoms. The van der Waals surface area contributed by atoms with Crippen LogP contribution in [0.2, 0.25) is 0 Å². The second-order valence-electron chi connectivity index (χ2n) is 5.93. The number of alkyl halides is 3. The molecule has 0 aliphatic heterocycles. The van der Waals surface area contributed by atoms with Crippen molar-refractivity contribution in [2.24, 2.45) is 0 Å². The molecule has 0 saturated carbocycles. The van der Waals surface area contributed by atoms with E-state index < -0.39 is 11.7 Å². The fourth-order valence-corrected chi connectivity index (χ4v) is 2.51. The minimum atomic E-state index is -4.36. The van der Waals surface area contributed by atoms with Gasteiger partial charge in [0.25, 0.3) is 0 Å². The van der Waals surface area contributed by atoms with Gasteiger partial charge in [-0.1, -0.05) is 42.0 Å². The van der Waals surface area contributed by atoms with Gasteiger partial charge >= 0.3 is 6.18 Å². The molecule has 0 spiro atoms. The Hall–Kier alpha value is -2.53. The first-order valence-electron chi connectivity index (χ1n) is 7.94. The monoisotopic (exact) mass is 345 g/mol. The molecule has 1 aromatic heterocycles. The van der Waals surface area contributed by atoms with E-state index in [4.69, 9.17) is 4.42 Å². The van der Waals surface area contributed by atoms with Crippen molar-refractivity contribution in [2.45, 2.75) is 26.2 Å². The van der Waals surface area contributed by atoms with E-state index >= 15 is 0 Å². The molecule has 0 radical (unpaired) electrons. The van der Waals surface area contributed by atoms with Crippen molar-refractivity contribution in [1.82, 2.24) is 5.32 Å². The normalized spacial score (nSPS) is 11.7. The fourth-order valence-electron chi connectivity index (χ4n) is 2.51. The number of furan rings is 1. The van der Waals surface area contributed by atoms with E-state index in [0.29, 0.717) is 30.2 Å². The third kappa shape index (κ3) is 4.51. The molecule has 0 aliphatic rings. The highest BCUT2D eigenvalue weighted by Gasteiger charge is 2.30. The summed E-state index contributed by atoms with van der Waals surface area (Å²) in [6, 6.07) is 16.8. The van der Waals surface area contributed by atoms with Crippen molar-refractivity contribution in [1.29, 1.82) is 0 Å². The highest BCUT2D eigenvalue weighted by molar-refractivity contribution is 5.58. The number of rotatable bonds is 5. The molecular weight excluding hydrogens is 327 g/mol. The average Bonchev–Trinajstić information content (AvgIpc) is 3.05. The third-order valence-electron chi connectivity index (χ3n) is 3.89. The van der Waals surface area contributed by atoms with Crippen molar-refractivity contribution in [3.8, 4) is 11.3 Å². The summed E-state index contributed by atoms with van der Waals surface area (Å²) in [7, 11) is 0. The minimum absolute atomic E-state index is 0.416. The van der Waals surface area contributed by atoms with Gasteiger partial charge in [0, 0.05) is 12.1 Å². The van der Waals surface area contributed by atoms with E-state index in [2.05, 4.69) is 29.6 Å². The van der Waals surface area contributed by atoms with Crippen LogP contribution in [0.5, 0.6) is 0 Å². The second-order valence-corrected chi connectivity index (χ2v) is 5.93. The molecule has 5 heteroatoms. The zero-order chi connectivity index (χ0) is 17.9. The summed E-state index contributed by atoms with van der Waals surface area (Å²) >= 11 is 0. The molecule has 1 heterocycles. The molecule has 3 rings (SSSR count). The maximum absolute atomic E-state index is 12.8. The Morgan fingerprint density at radius 1 is 0.920 bits per heavy atom. The summed E-state index contributed by atoms with van der Waals surface area (Å²) in [5.74, 6) is 1.11. The lowest BCUT2D eigenvalue weighted by atomic mass is 10.1. The molecule has 0 amide bonds. The van der Waals surface area contributed by atoms with Crippen LogP contribution in [0, 0.1) is 6.92 Å². The van der Waals surface area contributed by atoms with Crippen LogP contribution in [0.4, 0.5) is 13.2 Å². The van der Waals surface area contributed by atoms with Crippen LogP contribution in [0.1, 0.15) is 22.5 Å². The van der Waals surface area contributed by atoms with E-state index in [0.717, 1.165) is 17.7 Å². The predicted octanol–water partition coefficient (Wildman–Crippen LogP) is 5.56. The van der Waals surface area contributed by atoms with Crippen molar-refractivity contribution in [2.75, 3.05) is 0 Å². The molecule has 0 aliphatic carbocycles. The van der Waals surface area contributed by atoms with Crippen LogP contribution < -0.4 is 5.32 Å². The SMILES string of the molecule is Cc1ccc(CNCc2ccc(-c3cccc(C(F)(F)F)c3)o2)cc1. The van der Waals surface area contributed by atoms with Crippen molar-refractivity contribution in [3.05, 3.63) is 83.1 Å². The van der Waals surface area contributed by atoms with E-state index in [1.807, 2.05) is 6.92 Å². The molecule has 3 aromatic rings. The number of hydrogen-bond acceptors (Lipinski definition) is 2. The van der Waals surface area contributed by atoms with Crippen LogP contribution >= 0.6 is 0 Å². The predicted molar refractivity (Wildman–Crippen MR) is 90.9 cm³/mol. The zero-order valence-electron chi connectivity index (χ0n) is 13.7. The van der Waals surface area contributed by atoms with E-state index in [-0.39, 0.29) is 0 Å². The molecule has 2 aromatic carbocycles. The van der Waals surface area contributed by atoms with Gasteiger partial charge in [0.2, 0.25) is 0 Å². The van der Waals surface area contributed by atoms with E-state index in [1.54, 1.807) is 18.2 Å². The van der Waals surface area contributed by atoms with Crippen LogP contribution in [0.25, 0.3) is 11.3 Å². The first kappa shape index (κ1) is 17.3. The second kappa shape index (κ2) is 7.15. The molecular formula is C20H18F3NO. The summed E-state index contributed by atoms with van der Waals surface area (Å²) in [4.78, 5) is 0. The topological polar surface area (TPSA) is 25.2 Å². The molecule has 0 atom stereocenters. The van der Waals surface area contributed by atoms with E-state index in [1.165, 1.54) is 11.6 Å². The molecule has 2 nitrogen and oxygen atoms in total. The van der Waals surface area contributed by atoms with Gasteiger partial charge in [0.15, 0.2) is 0 Å². The highest BCUT2D eigenvalue weighted by Crippen LogP contribution is 2.32. The van der Waals surface area contributed by atoms with Crippen molar-refractivity contribution < 1.29 is 17.6 Å². The van der Waals surface area contributed by atoms with Gasteiger partial charge in [-0.25, -0.2) is 0 Å². The number of nitrogens with one attached hydrogen (secondary N) is 1. The minimum Gasteiger partial charge on any atom is -0.460 e. The smallest absolute Gasteiger partial charge is 0.416 e. The van der Waals surface area contributed by atoms with Crippen molar-refractivity contribution in [3.63, 3.8) is 0 Å². The molecule has 0 unspecified atom stereocenters. The molecule has 0 fully saturated rings. The summed E-state index contributed by atoms with van der Waals surface area (Å²) in [5.41, 5.74) is 2.11. The lowest BCUT2D eigenvalue weighted by Crippen LogP contribution is -2.11. The van der Waals surface area contributed by atoms with Crippen molar-refractivity contribution >= 4 is 0 Å². The summed E-state index contributed by atoms with van der Waals surface area (Å²) in [6.07, 6.45) is -4.36. The Balaban J connectivity index is 1.63. The molecule has 0 bridgehead atoms. The Morgan fingerprint density at radius 3 is 2.40 bits per heavy atom. The van der Waals surface area contributed by atoms with Gasteiger partial charge in [0.1, 0.15) is 11.5 Å². The fraction of sp³-hybridized carbons (Fsp3) is 0.200. The van der Waals surface area contributed by atoms with Gasteiger partial charge in [-0.2, -0.15) is 13.2 Å². The average molecular weight is 345 g/mol. The molecule has 1 N–H and O–H groups in total. The first-order valence-corrected chi connectivity index (χ1v) is 7.94. The highest BCUT2D eigenvalue weighted by atomic mass is 19.4. The first-order chi connectivity index (χ1) is 11.9. The third-order valence-corrected chi connectivity index (χ3v) is 3.89. The Bertz CT molecular complexity index is 835. The lowest BCUT2D eigenvalue weighted by molar-refractivity contribution is -0.137. The lowest BCUT2D eigenvalue weighted by Gasteiger charge is -2.07. The van der Waals surface area contributed by atoms with Crippen LogP contribution in [0.3, 0.4) is 0 Å². The molecule has 0 saturated heterocycles. The number of aryl methyl sites for hydroxylation is 1. The number of hydrogen-bond donors (Lipinski definition) is 1. The summed E-state index contributed by atoms with van der Waals surface area (Å²) < 4.78 is 44.1. The number of benzene rings is 2. The van der Waals surface area contributed by atoms with Gasteiger partial charge in [-0.3, -0.25) is 0 Å². The number of halogens is 3. The zero-order valence-corrected chi connectivity index (χ0v) is 13.7. The Labute approximate surface area is 144 Å². The van der Waals surface area contributed by atoms with E-state index in [9.17, 15) is 13.2 Å². The summed E-state index contributed by atoms with van der Waals surface area (Å²) in [5, 5.41) is 3.26. The maximum atomic E-state index is 12.8. The van der Waals surface area contributed by atoms with Crippen LogP contribution in [0.15, 0.2) is 65.1 Å². The van der Waals surface area contributed by atoms with Crippen LogP contribution in [-0.4, -0.2) is 0 Å². The van der Waals surface area contributed by atoms with Gasteiger partial charge in [0.05, 0.1) is 12.1 Å². The standard InChI is InChI=1S/C20H18F3NO/c1-14-5-7-15(8-6-14)12-24-13-18-9-10-19(25-18)16-3-2-4-17(11-16)20(21,22)23/h2-11,24H,12-13H2,1H3. The summed E-state index contributed by atoms with van der Waals surface area (Å²) in [6.45, 7) is 3.24. The quantitative estimate of drug-likeness (QED) is 0.654. The largest absolute Gasteiger partial charge is 0.460 e. The molecule has 130 valence electrons. The Morgan fingerprint density at radius 2 is 1.68 bits per heavy atom. The Kier molecular flexibility index (Phi) is 4.95. The van der Waals surface area contributed by atoms with Gasteiger partial charge in [-0.15, -0.1) is 0 Å².